The van der Waals surface area contributed by atoms with E-state index in [0.29, 0.717) is 12.0 Å². The molecule has 0 unspecified atom stereocenters. The van der Waals surface area contributed by atoms with Gasteiger partial charge < -0.3 is 10.6 Å². The SMILES string of the molecule is CCc1ccc([C@H]2C(C(=O)Nc3ccccc3C)=C(C)NC3=C2C(=O)CCC3)cc1. The van der Waals surface area contributed by atoms with Gasteiger partial charge in [0, 0.05) is 40.6 Å². The van der Waals surface area contributed by atoms with Crippen LogP contribution in [0.1, 0.15) is 55.7 Å². The molecular formula is C26H28N2O2. The number of amides is 1. The van der Waals surface area contributed by atoms with E-state index in [0.717, 1.165) is 53.0 Å². The number of aryl methyl sites for hydroxylation is 2. The number of anilines is 1. The van der Waals surface area contributed by atoms with Crippen molar-refractivity contribution in [2.75, 3.05) is 5.32 Å². The lowest BCUT2D eigenvalue weighted by Crippen LogP contribution is -2.35. The Bertz CT molecular complexity index is 1060. The molecule has 0 saturated carbocycles. The third kappa shape index (κ3) is 3.70. The van der Waals surface area contributed by atoms with Gasteiger partial charge >= 0.3 is 0 Å². The van der Waals surface area contributed by atoms with Gasteiger partial charge in [-0.25, -0.2) is 0 Å². The number of rotatable bonds is 4. The summed E-state index contributed by atoms with van der Waals surface area (Å²) in [5, 5.41) is 6.45. The first kappa shape index (κ1) is 20.1. The molecule has 0 aromatic heterocycles. The van der Waals surface area contributed by atoms with Crippen LogP contribution < -0.4 is 10.6 Å². The Morgan fingerprint density at radius 2 is 1.80 bits per heavy atom. The number of carbonyl (C=O) groups excluding carboxylic acids is 2. The van der Waals surface area contributed by atoms with Crippen molar-refractivity contribution < 1.29 is 9.59 Å². The summed E-state index contributed by atoms with van der Waals surface area (Å²) in [5.41, 5.74) is 7.19. The Balaban J connectivity index is 1.79. The number of Topliss-reactive ketones (excluding diaryl/α,β-unsaturated/α-hetero) is 1. The Labute approximate surface area is 178 Å². The average molecular weight is 401 g/mol. The van der Waals surface area contributed by atoms with Gasteiger partial charge in [-0.2, -0.15) is 0 Å². The predicted molar refractivity (Wildman–Crippen MR) is 120 cm³/mol. The highest BCUT2D eigenvalue weighted by atomic mass is 16.2. The van der Waals surface area contributed by atoms with Crippen molar-refractivity contribution in [3.8, 4) is 0 Å². The van der Waals surface area contributed by atoms with Crippen molar-refractivity contribution in [2.24, 2.45) is 0 Å². The molecule has 0 fully saturated rings. The lowest BCUT2D eigenvalue weighted by Gasteiger charge is -2.34. The molecule has 1 aliphatic heterocycles. The molecule has 154 valence electrons. The number of dihydropyridines is 1. The molecular weight excluding hydrogens is 372 g/mol. The van der Waals surface area contributed by atoms with E-state index < -0.39 is 0 Å². The van der Waals surface area contributed by atoms with Crippen LogP contribution in [0, 0.1) is 6.92 Å². The van der Waals surface area contributed by atoms with E-state index in [1.165, 1.54) is 5.56 Å². The summed E-state index contributed by atoms with van der Waals surface area (Å²) in [5.74, 6) is -0.366. The Kier molecular flexibility index (Phi) is 5.58. The third-order valence-corrected chi connectivity index (χ3v) is 6.14. The average Bonchev–Trinajstić information content (AvgIpc) is 2.74. The summed E-state index contributed by atoms with van der Waals surface area (Å²) in [7, 11) is 0. The largest absolute Gasteiger partial charge is 0.362 e. The van der Waals surface area contributed by atoms with E-state index >= 15 is 0 Å². The van der Waals surface area contributed by atoms with Gasteiger partial charge in [-0.3, -0.25) is 9.59 Å². The molecule has 2 aromatic carbocycles. The molecule has 1 atom stereocenters. The van der Waals surface area contributed by atoms with E-state index in [1.807, 2.05) is 38.1 Å². The highest BCUT2D eigenvalue weighted by molar-refractivity contribution is 6.10. The Hall–Kier alpha value is -3.14. The topological polar surface area (TPSA) is 58.2 Å². The van der Waals surface area contributed by atoms with Gasteiger partial charge in [0.05, 0.1) is 0 Å². The number of hydrogen-bond acceptors (Lipinski definition) is 3. The van der Waals surface area contributed by atoms with E-state index in [-0.39, 0.29) is 17.6 Å². The van der Waals surface area contributed by atoms with Gasteiger partial charge in [0.1, 0.15) is 0 Å². The number of carbonyl (C=O) groups is 2. The second kappa shape index (κ2) is 8.31. The van der Waals surface area contributed by atoms with E-state index in [1.54, 1.807) is 0 Å². The quantitative estimate of drug-likeness (QED) is 0.745. The summed E-state index contributed by atoms with van der Waals surface area (Å²) >= 11 is 0. The van der Waals surface area contributed by atoms with Gasteiger partial charge in [0.25, 0.3) is 5.91 Å². The van der Waals surface area contributed by atoms with Crippen molar-refractivity contribution in [1.29, 1.82) is 0 Å². The molecule has 0 radical (unpaired) electrons. The first-order valence-corrected chi connectivity index (χ1v) is 10.7. The van der Waals surface area contributed by atoms with Crippen LogP contribution in [0.2, 0.25) is 0 Å². The fourth-order valence-corrected chi connectivity index (χ4v) is 4.47. The summed E-state index contributed by atoms with van der Waals surface area (Å²) in [4.78, 5) is 26.4. The van der Waals surface area contributed by atoms with Crippen LogP contribution in [0.25, 0.3) is 0 Å². The maximum absolute atomic E-state index is 13.5. The number of ketones is 1. The van der Waals surface area contributed by atoms with E-state index in [4.69, 9.17) is 0 Å². The molecule has 0 saturated heterocycles. The summed E-state index contributed by atoms with van der Waals surface area (Å²) in [6, 6.07) is 16.1. The minimum Gasteiger partial charge on any atom is -0.362 e. The number of para-hydroxylation sites is 1. The molecule has 2 aliphatic rings. The number of allylic oxidation sites excluding steroid dienone is 3. The van der Waals surface area contributed by atoms with Gasteiger partial charge in [-0.15, -0.1) is 0 Å². The molecule has 0 spiro atoms. The second-order valence-corrected chi connectivity index (χ2v) is 8.13. The summed E-state index contributed by atoms with van der Waals surface area (Å²) in [6.07, 6.45) is 3.18. The summed E-state index contributed by atoms with van der Waals surface area (Å²) in [6.45, 7) is 6.03. The van der Waals surface area contributed by atoms with Gasteiger partial charge in [-0.1, -0.05) is 49.4 Å². The van der Waals surface area contributed by atoms with Crippen LogP contribution in [-0.2, 0) is 16.0 Å². The number of benzene rings is 2. The fourth-order valence-electron chi connectivity index (χ4n) is 4.47. The van der Waals surface area contributed by atoms with Gasteiger partial charge in [0.2, 0.25) is 0 Å². The molecule has 2 aromatic rings. The molecule has 0 bridgehead atoms. The van der Waals surface area contributed by atoms with Gasteiger partial charge in [-0.05, 0) is 55.9 Å². The maximum Gasteiger partial charge on any atom is 0.254 e. The van der Waals surface area contributed by atoms with E-state index in [9.17, 15) is 9.59 Å². The van der Waals surface area contributed by atoms with Crippen molar-refractivity contribution >= 4 is 17.4 Å². The minimum absolute atomic E-state index is 0.141. The monoisotopic (exact) mass is 400 g/mol. The Morgan fingerprint density at radius 3 is 2.50 bits per heavy atom. The Morgan fingerprint density at radius 1 is 1.07 bits per heavy atom. The lowest BCUT2D eigenvalue weighted by molar-refractivity contribution is -0.116. The van der Waals surface area contributed by atoms with Gasteiger partial charge in [0.15, 0.2) is 5.78 Å². The normalized spacial score (nSPS) is 18.8. The third-order valence-electron chi connectivity index (χ3n) is 6.14. The zero-order valence-corrected chi connectivity index (χ0v) is 17.8. The first-order chi connectivity index (χ1) is 14.5. The van der Waals surface area contributed by atoms with Crippen LogP contribution >= 0.6 is 0 Å². The number of nitrogens with one attached hydrogen (secondary N) is 2. The second-order valence-electron chi connectivity index (χ2n) is 8.13. The van der Waals surface area contributed by atoms with Crippen LogP contribution in [0.15, 0.2) is 71.1 Å². The first-order valence-electron chi connectivity index (χ1n) is 10.7. The molecule has 1 amide bonds. The smallest absolute Gasteiger partial charge is 0.254 e. The standard InChI is InChI=1S/C26H28N2O2/c1-4-18-12-14-19(15-13-18)24-23(26(30)28-20-9-6-5-8-16(20)2)17(3)27-21-10-7-11-22(29)25(21)24/h5-6,8-9,12-15,24,27H,4,7,10-11H2,1-3H3,(H,28,30)/t24-/m0/s1. The lowest BCUT2D eigenvalue weighted by atomic mass is 9.75. The van der Waals surface area contributed by atoms with Crippen LogP contribution in [0.5, 0.6) is 0 Å². The highest BCUT2D eigenvalue weighted by Gasteiger charge is 2.38. The van der Waals surface area contributed by atoms with Crippen LogP contribution in [-0.4, -0.2) is 11.7 Å². The molecule has 2 N–H and O–H groups in total. The van der Waals surface area contributed by atoms with E-state index in [2.05, 4.69) is 41.8 Å². The minimum atomic E-state index is -0.344. The molecule has 4 nitrogen and oxygen atoms in total. The van der Waals surface area contributed by atoms with Crippen molar-refractivity contribution in [3.05, 3.63) is 87.8 Å². The van der Waals surface area contributed by atoms with Crippen molar-refractivity contribution in [3.63, 3.8) is 0 Å². The zero-order chi connectivity index (χ0) is 21.3. The maximum atomic E-state index is 13.5. The molecule has 1 heterocycles. The fraction of sp³-hybridized carbons (Fsp3) is 0.308. The molecule has 4 heteroatoms. The molecule has 1 aliphatic carbocycles. The van der Waals surface area contributed by atoms with Crippen molar-refractivity contribution in [2.45, 2.75) is 52.4 Å². The summed E-state index contributed by atoms with van der Waals surface area (Å²) < 4.78 is 0. The number of hydrogen-bond donors (Lipinski definition) is 2. The zero-order valence-electron chi connectivity index (χ0n) is 17.8. The molecule has 30 heavy (non-hydrogen) atoms. The van der Waals surface area contributed by atoms with Crippen LogP contribution in [0.3, 0.4) is 0 Å². The van der Waals surface area contributed by atoms with Crippen molar-refractivity contribution in [1.82, 2.24) is 5.32 Å². The molecule has 4 rings (SSSR count). The predicted octanol–water partition coefficient (Wildman–Crippen LogP) is 5.16. The highest BCUT2D eigenvalue weighted by Crippen LogP contribution is 2.42. The van der Waals surface area contributed by atoms with Crippen LogP contribution in [0.4, 0.5) is 5.69 Å².